The molecular formula is C10H18N2O2. The second-order valence-corrected chi connectivity index (χ2v) is 4.56. The third-order valence-electron chi connectivity index (χ3n) is 3.35. The number of aliphatic hydroxyl groups is 1. The van der Waals surface area contributed by atoms with Crippen LogP contribution in [0.1, 0.15) is 19.3 Å². The van der Waals surface area contributed by atoms with E-state index in [1.165, 1.54) is 0 Å². The number of likely N-dealkylation sites (tertiary alicyclic amines) is 1. The van der Waals surface area contributed by atoms with Gasteiger partial charge in [0, 0.05) is 37.6 Å². The van der Waals surface area contributed by atoms with Crippen molar-refractivity contribution in [3.63, 3.8) is 0 Å². The van der Waals surface area contributed by atoms with E-state index in [9.17, 15) is 4.79 Å². The molecule has 4 heteroatoms. The SMILES string of the molecule is NC1CCC(C(=O)N2CC(CO)C2)C1. The average Bonchev–Trinajstić information content (AvgIpc) is 2.49. The highest BCUT2D eigenvalue weighted by atomic mass is 16.3. The van der Waals surface area contributed by atoms with Crippen LogP contribution in [-0.2, 0) is 4.79 Å². The third kappa shape index (κ3) is 1.77. The molecule has 0 spiro atoms. The molecule has 2 unspecified atom stereocenters. The third-order valence-corrected chi connectivity index (χ3v) is 3.35. The number of aliphatic hydroxyl groups excluding tert-OH is 1. The molecule has 80 valence electrons. The Morgan fingerprint density at radius 1 is 1.43 bits per heavy atom. The Bertz CT molecular complexity index is 226. The molecule has 2 fully saturated rings. The van der Waals surface area contributed by atoms with Crippen LogP contribution in [0.4, 0.5) is 0 Å². The minimum Gasteiger partial charge on any atom is -0.396 e. The molecule has 0 radical (unpaired) electrons. The van der Waals surface area contributed by atoms with Gasteiger partial charge in [0.05, 0.1) is 0 Å². The van der Waals surface area contributed by atoms with Crippen molar-refractivity contribution >= 4 is 5.91 Å². The summed E-state index contributed by atoms with van der Waals surface area (Å²) in [5.74, 6) is 0.723. The summed E-state index contributed by atoms with van der Waals surface area (Å²) < 4.78 is 0. The number of hydrogen-bond donors (Lipinski definition) is 2. The van der Waals surface area contributed by atoms with Gasteiger partial charge in [-0.2, -0.15) is 0 Å². The monoisotopic (exact) mass is 198 g/mol. The molecule has 2 aliphatic rings. The molecular weight excluding hydrogens is 180 g/mol. The van der Waals surface area contributed by atoms with Gasteiger partial charge in [-0.05, 0) is 19.3 Å². The standard InChI is InChI=1S/C10H18N2O2/c11-9-2-1-8(3-9)10(14)12-4-7(5-12)6-13/h7-9,13H,1-6,11H2. The summed E-state index contributed by atoms with van der Waals surface area (Å²) in [6, 6.07) is 0.221. The van der Waals surface area contributed by atoms with E-state index in [0.717, 1.165) is 32.4 Å². The molecule has 1 amide bonds. The van der Waals surface area contributed by atoms with E-state index in [4.69, 9.17) is 10.8 Å². The Morgan fingerprint density at radius 3 is 2.64 bits per heavy atom. The fourth-order valence-corrected chi connectivity index (χ4v) is 2.36. The molecule has 1 saturated carbocycles. The first kappa shape index (κ1) is 9.93. The normalized spacial score (nSPS) is 33.1. The Labute approximate surface area is 84.1 Å². The fraction of sp³-hybridized carbons (Fsp3) is 0.900. The van der Waals surface area contributed by atoms with Gasteiger partial charge in [-0.15, -0.1) is 0 Å². The van der Waals surface area contributed by atoms with Crippen LogP contribution >= 0.6 is 0 Å². The predicted octanol–water partition coefficient (Wildman–Crippen LogP) is -0.435. The highest BCUT2D eigenvalue weighted by molar-refractivity contribution is 5.80. The van der Waals surface area contributed by atoms with Gasteiger partial charge in [0.25, 0.3) is 0 Å². The lowest BCUT2D eigenvalue weighted by atomic mass is 9.97. The lowest BCUT2D eigenvalue weighted by Gasteiger charge is -2.39. The number of rotatable bonds is 2. The zero-order chi connectivity index (χ0) is 10.1. The van der Waals surface area contributed by atoms with Crippen LogP contribution in [0.2, 0.25) is 0 Å². The summed E-state index contributed by atoms with van der Waals surface area (Å²) >= 11 is 0. The van der Waals surface area contributed by atoms with E-state index in [1.54, 1.807) is 0 Å². The molecule has 2 rings (SSSR count). The van der Waals surface area contributed by atoms with E-state index in [-0.39, 0.29) is 24.5 Å². The molecule has 1 aliphatic carbocycles. The molecule has 4 nitrogen and oxygen atoms in total. The van der Waals surface area contributed by atoms with Gasteiger partial charge in [-0.3, -0.25) is 4.79 Å². The zero-order valence-corrected chi connectivity index (χ0v) is 8.35. The van der Waals surface area contributed by atoms with Crippen molar-refractivity contribution in [3.05, 3.63) is 0 Å². The minimum absolute atomic E-state index is 0.157. The summed E-state index contributed by atoms with van der Waals surface area (Å²) in [6.07, 6.45) is 2.77. The van der Waals surface area contributed by atoms with E-state index in [1.807, 2.05) is 4.90 Å². The Morgan fingerprint density at radius 2 is 2.14 bits per heavy atom. The maximum Gasteiger partial charge on any atom is 0.225 e. The van der Waals surface area contributed by atoms with Crippen LogP contribution in [0.15, 0.2) is 0 Å². The van der Waals surface area contributed by atoms with Crippen LogP contribution in [0.5, 0.6) is 0 Å². The largest absolute Gasteiger partial charge is 0.396 e. The van der Waals surface area contributed by atoms with Crippen LogP contribution < -0.4 is 5.73 Å². The second-order valence-electron chi connectivity index (χ2n) is 4.56. The summed E-state index contributed by atoms with van der Waals surface area (Å²) in [6.45, 7) is 1.68. The second kappa shape index (κ2) is 3.87. The molecule has 0 aromatic rings. The van der Waals surface area contributed by atoms with E-state index < -0.39 is 0 Å². The molecule has 1 aliphatic heterocycles. The van der Waals surface area contributed by atoms with Gasteiger partial charge >= 0.3 is 0 Å². The van der Waals surface area contributed by atoms with E-state index >= 15 is 0 Å². The molecule has 0 aromatic heterocycles. The quantitative estimate of drug-likeness (QED) is 0.632. The summed E-state index contributed by atoms with van der Waals surface area (Å²) in [4.78, 5) is 13.7. The van der Waals surface area contributed by atoms with Gasteiger partial charge in [0.2, 0.25) is 5.91 Å². The number of amides is 1. The number of nitrogens with zero attached hydrogens (tertiary/aromatic N) is 1. The number of carbonyl (C=O) groups is 1. The molecule has 1 saturated heterocycles. The Kier molecular flexibility index (Phi) is 2.74. The maximum atomic E-state index is 11.8. The average molecular weight is 198 g/mol. The number of carbonyl (C=O) groups excluding carboxylic acids is 1. The van der Waals surface area contributed by atoms with Gasteiger partial charge in [-0.25, -0.2) is 0 Å². The van der Waals surface area contributed by atoms with Crippen LogP contribution in [0, 0.1) is 11.8 Å². The van der Waals surface area contributed by atoms with Crippen LogP contribution in [0.25, 0.3) is 0 Å². The first-order valence-corrected chi connectivity index (χ1v) is 5.36. The highest BCUT2D eigenvalue weighted by Gasteiger charge is 2.36. The lowest BCUT2D eigenvalue weighted by Crippen LogP contribution is -2.53. The molecule has 3 N–H and O–H groups in total. The number of nitrogens with two attached hydrogens (primary N) is 1. The van der Waals surface area contributed by atoms with Crippen molar-refractivity contribution in [1.29, 1.82) is 0 Å². The summed E-state index contributed by atoms with van der Waals surface area (Å²) in [5.41, 5.74) is 5.77. The first-order chi connectivity index (χ1) is 6.70. The maximum absolute atomic E-state index is 11.8. The molecule has 14 heavy (non-hydrogen) atoms. The van der Waals surface area contributed by atoms with Crippen LogP contribution in [-0.4, -0.2) is 41.7 Å². The van der Waals surface area contributed by atoms with Crippen molar-refractivity contribution in [3.8, 4) is 0 Å². The van der Waals surface area contributed by atoms with Crippen molar-refractivity contribution in [2.24, 2.45) is 17.6 Å². The topological polar surface area (TPSA) is 66.6 Å². The molecule has 0 bridgehead atoms. The smallest absolute Gasteiger partial charge is 0.225 e. The van der Waals surface area contributed by atoms with Gasteiger partial charge < -0.3 is 15.7 Å². The van der Waals surface area contributed by atoms with Gasteiger partial charge in [0.1, 0.15) is 0 Å². The fourth-order valence-electron chi connectivity index (χ4n) is 2.36. The Balaban J connectivity index is 1.79. The predicted molar refractivity (Wildman–Crippen MR) is 52.5 cm³/mol. The van der Waals surface area contributed by atoms with Crippen molar-refractivity contribution < 1.29 is 9.90 Å². The first-order valence-electron chi connectivity index (χ1n) is 5.36. The summed E-state index contributed by atoms with van der Waals surface area (Å²) in [7, 11) is 0. The zero-order valence-electron chi connectivity index (χ0n) is 8.35. The molecule has 2 atom stereocenters. The van der Waals surface area contributed by atoms with Crippen LogP contribution in [0.3, 0.4) is 0 Å². The summed E-state index contributed by atoms with van der Waals surface area (Å²) in [5, 5.41) is 8.84. The van der Waals surface area contributed by atoms with Gasteiger partial charge in [-0.1, -0.05) is 0 Å². The van der Waals surface area contributed by atoms with E-state index in [2.05, 4.69) is 0 Å². The highest BCUT2D eigenvalue weighted by Crippen LogP contribution is 2.28. The van der Waals surface area contributed by atoms with E-state index in [0.29, 0.717) is 5.92 Å². The lowest BCUT2D eigenvalue weighted by molar-refractivity contribution is -0.142. The van der Waals surface area contributed by atoms with Crippen molar-refractivity contribution in [1.82, 2.24) is 4.90 Å². The minimum atomic E-state index is 0.157. The van der Waals surface area contributed by atoms with Crippen molar-refractivity contribution in [2.45, 2.75) is 25.3 Å². The van der Waals surface area contributed by atoms with Gasteiger partial charge in [0.15, 0.2) is 0 Å². The number of hydrogen-bond acceptors (Lipinski definition) is 3. The Hall–Kier alpha value is -0.610. The molecule has 0 aromatic carbocycles. The van der Waals surface area contributed by atoms with Crippen molar-refractivity contribution in [2.75, 3.05) is 19.7 Å². The molecule has 1 heterocycles.